The number of hydrogen-bond acceptors (Lipinski definition) is 9. The zero-order valence-electron chi connectivity index (χ0n) is 27.4. The van der Waals surface area contributed by atoms with E-state index in [-0.39, 0.29) is 42.8 Å². The Morgan fingerprint density at radius 2 is 1.94 bits per heavy atom. The summed E-state index contributed by atoms with van der Waals surface area (Å²) in [6.07, 6.45) is 7.17. The largest absolute Gasteiger partial charge is 0.465 e. The standard InChI is InChI=1S/C34H42FN7O5/c1-34(2,3)47-33(45)40(4)13-6-5-7-32(44)46-22-23-15-30(36-18-23)29-11-8-25(19-37-29)27-10-9-26(17-28(27)35)42-21-24(16-31(42)43)20-41-14-12-38-39-41/h8-12,14,17,19,23-24H,5-7,13,15-16,18,20-22H2,1-4H3/t23-,24+/m1/s1. The summed E-state index contributed by atoms with van der Waals surface area (Å²) in [4.78, 5) is 49.2. The molecule has 2 aliphatic heterocycles. The number of aromatic nitrogens is 4. The molecule has 0 bridgehead atoms. The topological polar surface area (TPSA) is 132 Å². The maximum atomic E-state index is 15.3. The molecule has 0 spiro atoms. The van der Waals surface area contributed by atoms with Crippen LogP contribution in [0.5, 0.6) is 0 Å². The smallest absolute Gasteiger partial charge is 0.410 e. The Morgan fingerprint density at radius 3 is 2.64 bits per heavy atom. The van der Waals surface area contributed by atoms with Crippen LogP contribution in [0, 0.1) is 17.7 Å². The van der Waals surface area contributed by atoms with E-state index in [9.17, 15) is 14.4 Å². The maximum absolute atomic E-state index is 15.3. The Bertz CT molecular complexity index is 1590. The van der Waals surface area contributed by atoms with Crippen LogP contribution in [-0.4, -0.2) is 87.4 Å². The number of hydrogen-bond donors (Lipinski definition) is 0. The highest BCUT2D eigenvalue weighted by atomic mass is 19.1. The van der Waals surface area contributed by atoms with Crippen molar-refractivity contribution in [2.24, 2.45) is 16.8 Å². The number of esters is 1. The van der Waals surface area contributed by atoms with Crippen molar-refractivity contribution in [1.82, 2.24) is 24.9 Å². The first-order chi connectivity index (χ1) is 22.4. The lowest BCUT2D eigenvalue weighted by atomic mass is 10.0. The predicted molar refractivity (Wildman–Crippen MR) is 173 cm³/mol. The molecule has 2 amide bonds. The van der Waals surface area contributed by atoms with Crippen LogP contribution in [0.1, 0.15) is 58.6 Å². The molecule has 1 saturated heterocycles. The lowest BCUT2D eigenvalue weighted by Gasteiger charge is -2.24. The van der Waals surface area contributed by atoms with Crippen molar-refractivity contribution in [3.8, 4) is 11.1 Å². The summed E-state index contributed by atoms with van der Waals surface area (Å²) in [5.41, 5.74) is 2.53. The van der Waals surface area contributed by atoms with Gasteiger partial charge < -0.3 is 19.3 Å². The number of unbranched alkanes of at least 4 members (excludes halogenated alkanes) is 1. The second-order valence-electron chi connectivity index (χ2n) is 13.2. The highest BCUT2D eigenvalue weighted by Crippen LogP contribution is 2.31. The molecule has 1 fully saturated rings. The van der Waals surface area contributed by atoms with Crippen LogP contribution in [0.25, 0.3) is 11.1 Å². The number of anilines is 1. The van der Waals surface area contributed by atoms with Gasteiger partial charge in [-0.3, -0.25) is 24.2 Å². The summed E-state index contributed by atoms with van der Waals surface area (Å²) in [6.45, 7) is 7.85. The molecule has 5 rings (SSSR count). The number of carbonyl (C=O) groups is 3. The minimum absolute atomic E-state index is 0.0427. The van der Waals surface area contributed by atoms with Gasteiger partial charge in [-0.25, -0.2) is 9.18 Å². The third-order valence-corrected chi connectivity index (χ3v) is 8.09. The quantitative estimate of drug-likeness (QED) is 0.200. The van der Waals surface area contributed by atoms with E-state index in [4.69, 9.17) is 9.47 Å². The molecule has 4 heterocycles. The van der Waals surface area contributed by atoms with Gasteiger partial charge in [-0.1, -0.05) is 11.3 Å². The number of rotatable bonds is 12. The van der Waals surface area contributed by atoms with E-state index in [1.165, 1.54) is 11.0 Å². The fraction of sp³-hybridized carbons (Fsp3) is 0.500. The van der Waals surface area contributed by atoms with Crippen molar-refractivity contribution in [3.05, 3.63) is 60.4 Å². The zero-order valence-corrected chi connectivity index (χ0v) is 27.4. The van der Waals surface area contributed by atoms with Crippen LogP contribution in [0.2, 0.25) is 0 Å². The van der Waals surface area contributed by atoms with E-state index in [2.05, 4.69) is 20.3 Å². The van der Waals surface area contributed by atoms with Gasteiger partial charge >= 0.3 is 12.1 Å². The Labute approximate surface area is 274 Å². The first-order valence-corrected chi connectivity index (χ1v) is 16.0. The van der Waals surface area contributed by atoms with Gasteiger partial charge in [0.15, 0.2) is 0 Å². The lowest BCUT2D eigenvalue weighted by molar-refractivity contribution is -0.145. The predicted octanol–water partition coefficient (Wildman–Crippen LogP) is 4.92. The normalized spacial score (nSPS) is 17.9. The molecule has 3 aromatic rings. The highest BCUT2D eigenvalue weighted by Gasteiger charge is 2.31. The van der Waals surface area contributed by atoms with Crippen LogP contribution < -0.4 is 4.90 Å². The lowest BCUT2D eigenvalue weighted by Crippen LogP contribution is -2.34. The molecule has 2 aromatic heterocycles. The summed E-state index contributed by atoms with van der Waals surface area (Å²) >= 11 is 0. The molecule has 0 N–H and O–H groups in total. The van der Waals surface area contributed by atoms with Crippen molar-refractivity contribution in [2.45, 2.75) is 65.0 Å². The van der Waals surface area contributed by atoms with E-state index < -0.39 is 11.4 Å². The first kappa shape index (κ1) is 33.7. The van der Waals surface area contributed by atoms with Gasteiger partial charge in [0, 0.05) is 87.1 Å². The molecule has 0 aliphatic carbocycles. The summed E-state index contributed by atoms with van der Waals surface area (Å²) in [5.74, 6) is -0.596. The fourth-order valence-electron chi connectivity index (χ4n) is 5.65. The molecule has 13 heteroatoms. The first-order valence-electron chi connectivity index (χ1n) is 16.0. The van der Waals surface area contributed by atoms with Gasteiger partial charge in [-0.05, 0) is 64.3 Å². The second-order valence-corrected chi connectivity index (χ2v) is 13.2. The van der Waals surface area contributed by atoms with Gasteiger partial charge in [-0.2, -0.15) is 0 Å². The van der Waals surface area contributed by atoms with E-state index in [1.54, 1.807) is 47.4 Å². The van der Waals surface area contributed by atoms with E-state index in [0.717, 1.165) is 5.71 Å². The third-order valence-electron chi connectivity index (χ3n) is 8.09. The van der Waals surface area contributed by atoms with Crippen molar-refractivity contribution >= 4 is 29.4 Å². The molecule has 1 aromatic carbocycles. The zero-order chi connectivity index (χ0) is 33.6. The van der Waals surface area contributed by atoms with E-state index in [0.29, 0.717) is 74.4 Å². The Morgan fingerprint density at radius 1 is 1.11 bits per heavy atom. The average Bonchev–Trinajstić information content (AvgIpc) is 3.79. The van der Waals surface area contributed by atoms with Gasteiger partial charge in [0.2, 0.25) is 5.91 Å². The van der Waals surface area contributed by atoms with Gasteiger partial charge in [0.1, 0.15) is 11.4 Å². The number of ether oxygens (including phenoxy) is 2. The number of amides is 2. The van der Waals surface area contributed by atoms with Crippen molar-refractivity contribution in [3.63, 3.8) is 0 Å². The second kappa shape index (κ2) is 14.8. The van der Waals surface area contributed by atoms with Crippen LogP contribution >= 0.6 is 0 Å². The number of nitrogens with zero attached hydrogens (tertiary/aromatic N) is 7. The third kappa shape index (κ3) is 9.20. The Hall–Kier alpha value is -4.68. The van der Waals surface area contributed by atoms with Gasteiger partial charge in [-0.15, -0.1) is 5.10 Å². The Balaban J connectivity index is 1.05. The minimum atomic E-state index is -0.547. The van der Waals surface area contributed by atoms with E-state index >= 15 is 4.39 Å². The minimum Gasteiger partial charge on any atom is -0.465 e. The number of aliphatic imine (C=N–C) groups is 1. The SMILES string of the molecule is CN(CCCCC(=O)OC[C@H]1CN=C(c2ccc(-c3ccc(N4C[C@H](Cn5ccnn5)CC4=O)cc3F)cn2)C1)C(=O)OC(C)(C)C. The molecule has 47 heavy (non-hydrogen) atoms. The molecule has 12 nitrogen and oxygen atoms in total. The monoisotopic (exact) mass is 647 g/mol. The van der Waals surface area contributed by atoms with Crippen molar-refractivity contribution < 1.29 is 28.2 Å². The molecule has 2 aliphatic rings. The van der Waals surface area contributed by atoms with Crippen LogP contribution in [0.15, 0.2) is 53.9 Å². The summed E-state index contributed by atoms with van der Waals surface area (Å²) in [6, 6.07) is 8.47. The number of pyridine rings is 1. The number of halogens is 1. The molecule has 2 atom stereocenters. The Kier molecular flexibility index (Phi) is 10.6. The average molecular weight is 648 g/mol. The van der Waals surface area contributed by atoms with Crippen molar-refractivity contribution in [1.29, 1.82) is 0 Å². The molecular formula is C34H42FN7O5. The van der Waals surface area contributed by atoms with Gasteiger partial charge in [0.05, 0.1) is 24.2 Å². The number of benzene rings is 1. The number of carbonyl (C=O) groups excluding carboxylic acids is 3. The van der Waals surface area contributed by atoms with Crippen LogP contribution in [0.3, 0.4) is 0 Å². The summed E-state index contributed by atoms with van der Waals surface area (Å²) < 4.78 is 27.8. The summed E-state index contributed by atoms with van der Waals surface area (Å²) in [5, 5.41) is 7.78. The van der Waals surface area contributed by atoms with Gasteiger partial charge in [0.25, 0.3) is 0 Å². The fourth-order valence-corrected chi connectivity index (χ4v) is 5.65. The van der Waals surface area contributed by atoms with E-state index in [1.807, 2.05) is 32.9 Å². The molecule has 0 saturated carbocycles. The molecule has 0 radical (unpaired) electrons. The molecular weight excluding hydrogens is 605 g/mol. The maximum Gasteiger partial charge on any atom is 0.410 e. The van der Waals surface area contributed by atoms with Crippen LogP contribution in [0.4, 0.5) is 14.9 Å². The van der Waals surface area contributed by atoms with Crippen molar-refractivity contribution in [2.75, 3.05) is 38.2 Å². The molecule has 0 unspecified atom stereocenters. The molecule has 250 valence electrons. The highest BCUT2D eigenvalue weighted by molar-refractivity contribution is 6.00. The van der Waals surface area contributed by atoms with Crippen LogP contribution in [-0.2, 0) is 25.6 Å². The summed E-state index contributed by atoms with van der Waals surface area (Å²) in [7, 11) is 1.68.